The molecule has 32 heavy (non-hydrogen) atoms. The Bertz CT molecular complexity index is 816. The van der Waals surface area contributed by atoms with Gasteiger partial charge < -0.3 is 15.3 Å². The SMILES string of the molecule is CC(C)(C)[Si](C)(C)Oc1ccc2c(c1)CC[C@@H]1[C@@H]2CC[C@]2(C)[C@@H](O)[C@H](CCCCN)C[C@@H]12. The minimum absolute atomic E-state index is 0.109. The van der Waals surface area contributed by atoms with Crippen LogP contribution in [0.1, 0.15) is 89.7 Å². The summed E-state index contributed by atoms with van der Waals surface area (Å²) < 4.78 is 6.63. The van der Waals surface area contributed by atoms with Crippen LogP contribution in [0, 0.1) is 23.2 Å². The second kappa shape index (κ2) is 8.74. The van der Waals surface area contributed by atoms with E-state index in [1.165, 1.54) is 24.8 Å². The molecule has 1 aromatic carbocycles. The summed E-state index contributed by atoms with van der Waals surface area (Å²) >= 11 is 0. The van der Waals surface area contributed by atoms with Crippen LogP contribution >= 0.6 is 0 Å². The highest BCUT2D eigenvalue weighted by Crippen LogP contribution is 2.62. The summed E-state index contributed by atoms with van der Waals surface area (Å²) in [4.78, 5) is 0. The first-order valence-electron chi connectivity index (χ1n) is 13.2. The van der Waals surface area contributed by atoms with Crippen molar-refractivity contribution in [2.24, 2.45) is 28.9 Å². The molecule has 6 atom stereocenters. The molecule has 0 amide bonds. The highest BCUT2D eigenvalue weighted by atomic mass is 28.4. The van der Waals surface area contributed by atoms with E-state index in [9.17, 15) is 5.11 Å². The van der Waals surface area contributed by atoms with E-state index >= 15 is 0 Å². The van der Waals surface area contributed by atoms with Crippen LogP contribution in [0.2, 0.25) is 18.1 Å². The molecule has 0 aromatic heterocycles. The Hall–Kier alpha value is -0.843. The minimum Gasteiger partial charge on any atom is -0.543 e. The normalized spacial score (nSPS) is 34.6. The highest BCUT2D eigenvalue weighted by molar-refractivity contribution is 6.74. The number of fused-ring (bicyclic) bond motifs is 5. The fraction of sp³-hybridized carbons (Fsp3) is 0.786. The molecular weight excluding hydrogens is 410 g/mol. The van der Waals surface area contributed by atoms with Crippen molar-refractivity contribution in [2.75, 3.05) is 6.54 Å². The molecule has 2 fully saturated rings. The molecule has 4 heteroatoms. The number of unbranched alkanes of at least 4 members (excludes halogenated alkanes) is 1. The van der Waals surface area contributed by atoms with Crippen molar-refractivity contribution in [3.63, 3.8) is 0 Å². The lowest BCUT2D eigenvalue weighted by molar-refractivity contribution is -0.0335. The molecule has 3 aliphatic rings. The molecule has 0 heterocycles. The predicted octanol–water partition coefficient (Wildman–Crippen LogP) is 6.64. The van der Waals surface area contributed by atoms with Crippen molar-refractivity contribution >= 4 is 8.32 Å². The van der Waals surface area contributed by atoms with E-state index < -0.39 is 8.32 Å². The van der Waals surface area contributed by atoms with Crippen molar-refractivity contribution < 1.29 is 9.53 Å². The van der Waals surface area contributed by atoms with Gasteiger partial charge in [-0.25, -0.2) is 0 Å². The summed E-state index contributed by atoms with van der Waals surface area (Å²) in [6, 6.07) is 7.00. The standard InChI is InChI=1S/C28H47NO2Si/c1-27(2,3)32(5,6)31-21-11-13-22-19(17-21)10-12-24-23(22)14-15-28(4)25(24)18-20(26(28)30)9-7-8-16-29/h11,13,17,20,23-26,30H,7-10,12,14-16,18,29H2,1-6H3/t20-,23-,24-,25+,26+,28+/m1/s1. The lowest BCUT2D eigenvalue weighted by atomic mass is 9.55. The summed E-state index contributed by atoms with van der Waals surface area (Å²) in [6.45, 7) is 14.8. The van der Waals surface area contributed by atoms with E-state index in [2.05, 4.69) is 59.0 Å². The molecule has 0 aliphatic heterocycles. The maximum atomic E-state index is 11.3. The zero-order valence-corrected chi connectivity index (χ0v) is 22.4. The van der Waals surface area contributed by atoms with Gasteiger partial charge in [0.25, 0.3) is 0 Å². The molecule has 0 radical (unpaired) electrons. The number of hydrogen-bond acceptors (Lipinski definition) is 3. The van der Waals surface area contributed by atoms with Crippen molar-refractivity contribution in [3.8, 4) is 5.75 Å². The number of benzene rings is 1. The van der Waals surface area contributed by atoms with Crippen LogP contribution in [0.15, 0.2) is 18.2 Å². The third kappa shape index (κ3) is 4.20. The molecule has 3 N–H and O–H groups in total. The fourth-order valence-electron chi connectivity index (χ4n) is 7.05. The molecule has 2 saturated carbocycles. The van der Waals surface area contributed by atoms with E-state index in [1.807, 2.05) is 0 Å². The third-order valence-electron chi connectivity index (χ3n) is 10.0. The Kier molecular flexibility index (Phi) is 6.63. The van der Waals surface area contributed by atoms with Gasteiger partial charge in [0, 0.05) is 0 Å². The molecule has 3 nitrogen and oxygen atoms in total. The average molecular weight is 458 g/mol. The van der Waals surface area contributed by atoms with Crippen LogP contribution in [0.4, 0.5) is 0 Å². The smallest absolute Gasteiger partial charge is 0.250 e. The molecule has 1 aromatic rings. The fourth-order valence-corrected chi connectivity index (χ4v) is 8.07. The number of aliphatic hydroxyl groups excluding tert-OH is 1. The van der Waals surface area contributed by atoms with Gasteiger partial charge in [-0.3, -0.25) is 0 Å². The monoisotopic (exact) mass is 457 g/mol. The van der Waals surface area contributed by atoms with Gasteiger partial charge >= 0.3 is 0 Å². The largest absolute Gasteiger partial charge is 0.543 e. The molecule has 4 rings (SSSR count). The van der Waals surface area contributed by atoms with Gasteiger partial charge in [-0.2, -0.15) is 0 Å². The summed E-state index contributed by atoms with van der Waals surface area (Å²) in [5.74, 6) is 3.59. The van der Waals surface area contributed by atoms with Gasteiger partial charge in [-0.05, 0) is 122 Å². The lowest BCUT2D eigenvalue weighted by Crippen LogP contribution is -2.44. The Morgan fingerprint density at radius 3 is 2.62 bits per heavy atom. The Morgan fingerprint density at radius 2 is 1.94 bits per heavy atom. The zero-order chi connectivity index (χ0) is 23.3. The second-order valence-electron chi connectivity index (χ2n) is 12.9. The van der Waals surface area contributed by atoms with E-state index in [1.54, 1.807) is 5.56 Å². The molecule has 0 unspecified atom stereocenters. The number of nitrogens with two attached hydrogens (primary N) is 1. The first kappa shape index (κ1) is 24.3. The molecule has 0 bridgehead atoms. The van der Waals surface area contributed by atoms with E-state index in [0.717, 1.165) is 50.3 Å². The Balaban J connectivity index is 1.52. The lowest BCUT2D eigenvalue weighted by Gasteiger charge is -2.50. The van der Waals surface area contributed by atoms with Crippen molar-refractivity contribution in [3.05, 3.63) is 29.3 Å². The first-order chi connectivity index (χ1) is 15.0. The summed E-state index contributed by atoms with van der Waals surface area (Å²) in [7, 11) is -1.82. The first-order valence-corrected chi connectivity index (χ1v) is 16.1. The third-order valence-corrected chi connectivity index (χ3v) is 14.4. The van der Waals surface area contributed by atoms with E-state index in [0.29, 0.717) is 17.8 Å². The topological polar surface area (TPSA) is 55.5 Å². The van der Waals surface area contributed by atoms with Crippen LogP contribution in [0.3, 0.4) is 0 Å². The Labute approximate surface area is 197 Å². The van der Waals surface area contributed by atoms with Gasteiger partial charge in [0.1, 0.15) is 5.75 Å². The van der Waals surface area contributed by atoms with Crippen LogP contribution in [0.25, 0.3) is 0 Å². The van der Waals surface area contributed by atoms with Gasteiger partial charge in [0.15, 0.2) is 0 Å². The van der Waals surface area contributed by atoms with Crippen LogP contribution in [0.5, 0.6) is 5.75 Å². The van der Waals surface area contributed by atoms with Gasteiger partial charge in [-0.1, -0.05) is 40.2 Å². The van der Waals surface area contributed by atoms with Crippen LogP contribution < -0.4 is 10.2 Å². The highest BCUT2D eigenvalue weighted by Gasteiger charge is 2.57. The summed E-state index contributed by atoms with van der Waals surface area (Å²) in [5, 5.41) is 11.5. The quantitative estimate of drug-likeness (QED) is 0.372. The van der Waals surface area contributed by atoms with Crippen molar-refractivity contribution in [1.29, 1.82) is 0 Å². The van der Waals surface area contributed by atoms with Crippen LogP contribution in [-0.2, 0) is 6.42 Å². The van der Waals surface area contributed by atoms with E-state index in [4.69, 9.17) is 10.2 Å². The molecule has 180 valence electrons. The number of aryl methyl sites for hydroxylation is 1. The molecule has 0 saturated heterocycles. The number of aliphatic hydroxyl groups is 1. The van der Waals surface area contributed by atoms with Crippen molar-refractivity contribution in [1.82, 2.24) is 0 Å². The van der Waals surface area contributed by atoms with Crippen LogP contribution in [-0.4, -0.2) is 26.1 Å². The summed E-state index contributed by atoms with van der Waals surface area (Å²) in [6.07, 6.45) is 9.29. The second-order valence-corrected chi connectivity index (χ2v) is 17.6. The molecule has 3 aliphatic carbocycles. The predicted molar refractivity (Wildman–Crippen MR) is 137 cm³/mol. The Morgan fingerprint density at radius 1 is 1.19 bits per heavy atom. The average Bonchev–Trinajstić information content (AvgIpc) is 2.97. The van der Waals surface area contributed by atoms with Gasteiger partial charge in [-0.15, -0.1) is 0 Å². The maximum Gasteiger partial charge on any atom is 0.250 e. The number of rotatable bonds is 6. The molecular formula is C28H47NO2Si. The van der Waals surface area contributed by atoms with Gasteiger partial charge in [0.05, 0.1) is 6.10 Å². The zero-order valence-electron chi connectivity index (χ0n) is 21.4. The number of hydrogen-bond donors (Lipinski definition) is 2. The minimum atomic E-state index is -1.82. The molecule has 0 spiro atoms. The maximum absolute atomic E-state index is 11.3. The van der Waals surface area contributed by atoms with E-state index in [-0.39, 0.29) is 16.6 Å². The van der Waals surface area contributed by atoms with Crippen molar-refractivity contribution in [2.45, 2.75) is 109 Å². The van der Waals surface area contributed by atoms with Gasteiger partial charge in [0.2, 0.25) is 8.32 Å². The summed E-state index contributed by atoms with van der Waals surface area (Å²) in [5.41, 5.74) is 8.92.